The number of para-hydroxylation sites is 1. The summed E-state index contributed by atoms with van der Waals surface area (Å²) >= 11 is 0. The summed E-state index contributed by atoms with van der Waals surface area (Å²) in [5.41, 5.74) is 11.1. The molecule has 0 saturated carbocycles. The first kappa shape index (κ1) is 20.4. The van der Waals surface area contributed by atoms with E-state index in [1.807, 2.05) is 6.07 Å². The third kappa shape index (κ3) is 3.11. The lowest BCUT2D eigenvalue weighted by Gasteiger charge is -2.34. The van der Waals surface area contributed by atoms with Crippen LogP contribution in [0.1, 0.15) is 30.9 Å². The Labute approximate surface area is 206 Å². The first-order valence-electron chi connectivity index (χ1n) is 12.4. The summed E-state index contributed by atoms with van der Waals surface area (Å²) in [6.45, 7) is 4.47. The van der Waals surface area contributed by atoms with Crippen LogP contribution in [0.15, 0.2) is 96.6 Å². The average molecular weight is 452 g/mol. The van der Waals surface area contributed by atoms with Gasteiger partial charge in [-0.05, 0) is 78.1 Å². The Morgan fingerprint density at radius 2 is 1.51 bits per heavy atom. The van der Waals surface area contributed by atoms with Crippen molar-refractivity contribution >= 4 is 28.7 Å². The van der Waals surface area contributed by atoms with Gasteiger partial charge in [0, 0.05) is 11.0 Å². The lowest BCUT2D eigenvalue weighted by Crippen LogP contribution is -2.57. The van der Waals surface area contributed by atoms with Crippen LogP contribution >= 0.6 is 0 Å². The van der Waals surface area contributed by atoms with Crippen molar-refractivity contribution in [1.82, 2.24) is 0 Å². The minimum Gasteiger partial charge on any atom is -0.458 e. The van der Waals surface area contributed by atoms with Gasteiger partial charge in [0.15, 0.2) is 0 Å². The Balaban J connectivity index is 1.47. The normalized spacial score (nSPS) is 15.1. The van der Waals surface area contributed by atoms with E-state index < -0.39 is 0 Å². The smallest absolute Gasteiger partial charge is 0.260 e. The first-order valence-corrected chi connectivity index (χ1v) is 12.4. The van der Waals surface area contributed by atoms with Crippen LogP contribution in [-0.4, -0.2) is 6.71 Å². The lowest BCUT2D eigenvalue weighted by molar-refractivity contribution is 0.464. The quantitative estimate of drug-likeness (QED) is 0.279. The molecule has 168 valence electrons. The largest absolute Gasteiger partial charge is 0.458 e. The van der Waals surface area contributed by atoms with E-state index in [0.29, 0.717) is 0 Å². The number of ether oxygens (including phenoxy) is 2. The zero-order chi connectivity index (χ0) is 23.5. The van der Waals surface area contributed by atoms with Crippen LogP contribution in [-0.2, 0) is 0 Å². The summed E-state index contributed by atoms with van der Waals surface area (Å²) in [4.78, 5) is 0. The lowest BCUT2D eigenvalue weighted by atomic mass is 9.34. The standard InChI is InChI=1S/C32H25BO2/c1-20-9-3-5-11-23(20)22-17-18-28-27(19-22)33-26-14-7-13-25(24-12-6-4-10-21(24)2)32(26)35-30-16-8-15-29(34-28)31(30)33/h3,5-9,11-19H,4,10H2,1-2H3. The molecule has 0 fully saturated rings. The summed E-state index contributed by atoms with van der Waals surface area (Å²) in [6.07, 6.45) is 6.73. The summed E-state index contributed by atoms with van der Waals surface area (Å²) in [7, 11) is 0. The third-order valence-electron chi connectivity index (χ3n) is 7.60. The van der Waals surface area contributed by atoms with Gasteiger partial charge >= 0.3 is 0 Å². The highest BCUT2D eigenvalue weighted by atomic mass is 16.5. The van der Waals surface area contributed by atoms with Crippen LogP contribution in [0.25, 0.3) is 16.7 Å². The number of benzene rings is 4. The van der Waals surface area contributed by atoms with Gasteiger partial charge < -0.3 is 9.47 Å². The van der Waals surface area contributed by atoms with E-state index >= 15 is 0 Å². The summed E-state index contributed by atoms with van der Waals surface area (Å²) in [6, 6.07) is 27.9. The van der Waals surface area contributed by atoms with E-state index in [4.69, 9.17) is 9.47 Å². The molecule has 2 nitrogen and oxygen atoms in total. The molecule has 4 aromatic carbocycles. The highest BCUT2D eigenvalue weighted by Crippen LogP contribution is 2.40. The molecule has 0 bridgehead atoms. The molecule has 3 heteroatoms. The molecule has 7 rings (SSSR count). The molecular weight excluding hydrogens is 427 g/mol. The minimum absolute atomic E-state index is 0.0612. The topological polar surface area (TPSA) is 18.5 Å². The molecule has 0 atom stereocenters. The SMILES string of the molecule is CC1=C(c2cccc3c2Oc2cccc4c2B3c2cc(-c3ccccc3C)ccc2O4)C=CCC1. The highest BCUT2D eigenvalue weighted by Gasteiger charge is 2.41. The molecule has 35 heavy (non-hydrogen) atoms. The molecule has 3 aliphatic rings. The van der Waals surface area contributed by atoms with Crippen molar-refractivity contribution < 1.29 is 9.47 Å². The zero-order valence-electron chi connectivity index (χ0n) is 20.0. The molecular formula is C32H25BO2. The van der Waals surface area contributed by atoms with Gasteiger partial charge in [0.1, 0.15) is 23.0 Å². The average Bonchev–Trinajstić information content (AvgIpc) is 2.89. The second kappa shape index (κ2) is 7.78. The summed E-state index contributed by atoms with van der Waals surface area (Å²) in [5, 5.41) is 0. The molecule has 1 aliphatic carbocycles. The van der Waals surface area contributed by atoms with Crippen LogP contribution in [0.4, 0.5) is 0 Å². The van der Waals surface area contributed by atoms with Gasteiger partial charge in [0.05, 0.1) is 0 Å². The molecule has 0 unspecified atom stereocenters. The Morgan fingerprint density at radius 3 is 2.37 bits per heavy atom. The van der Waals surface area contributed by atoms with E-state index in [-0.39, 0.29) is 6.71 Å². The Hall–Kier alpha value is -3.98. The predicted molar refractivity (Wildman–Crippen MR) is 145 cm³/mol. The van der Waals surface area contributed by atoms with Gasteiger partial charge in [-0.3, -0.25) is 0 Å². The number of aryl methyl sites for hydroxylation is 1. The van der Waals surface area contributed by atoms with Crippen LogP contribution < -0.4 is 25.9 Å². The van der Waals surface area contributed by atoms with Crippen LogP contribution in [0.3, 0.4) is 0 Å². The molecule has 0 radical (unpaired) electrons. The van der Waals surface area contributed by atoms with Crippen molar-refractivity contribution in [2.75, 3.05) is 0 Å². The Morgan fingerprint density at radius 1 is 0.714 bits per heavy atom. The van der Waals surface area contributed by atoms with Crippen molar-refractivity contribution in [1.29, 1.82) is 0 Å². The summed E-state index contributed by atoms with van der Waals surface area (Å²) < 4.78 is 13.1. The van der Waals surface area contributed by atoms with Crippen LogP contribution in [0, 0.1) is 6.92 Å². The van der Waals surface area contributed by atoms with E-state index in [1.54, 1.807) is 0 Å². The number of hydrogen-bond acceptors (Lipinski definition) is 2. The molecule has 0 N–H and O–H groups in total. The molecule has 0 aromatic heterocycles. The maximum atomic E-state index is 6.66. The van der Waals surface area contributed by atoms with Crippen LogP contribution in [0.5, 0.6) is 23.0 Å². The number of hydrogen-bond donors (Lipinski definition) is 0. The second-order valence-electron chi connectivity index (χ2n) is 9.73. The predicted octanol–water partition coefficient (Wildman–Crippen LogP) is 6.51. The maximum absolute atomic E-state index is 6.66. The van der Waals surface area contributed by atoms with Gasteiger partial charge in [-0.25, -0.2) is 0 Å². The Kier molecular flexibility index (Phi) is 4.53. The van der Waals surface area contributed by atoms with Crippen molar-refractivity contribution in [3.63, 3.8) is 0 Å². The number of fused-ring (bicyclic) bond motifs is 4. The first-order chi connectivity index (χ1) is 17.2. The molecule has 0 saturated heterocycles. The third-order valence-corrected chi connectivity index (χ3v) is 7.60. The maximum Gasteiger partial charge on any atom is 0.260 e. The van der Waals surface area contributed by atoms with Crippen molar-refractivity contribution in [2.24, 2.45) is 0 Å². The molecule has 0 amide bonds. The fourth-order valence-corrected chi connectivity index (χ4v) is 5.83. The monoisotopic (exact) mass is 452 g/mol. The van der Waals surface area contributed by atoms with Gasteiger partial charge in [-0.2, -0.15) is 0 Å². The van der Waals surface area contributed by atoms with Crippen molar-refractivity contribution in [3.8, 4) is 34.1 Å². The fourth-order valence-electron chi connectivity index (χ4n) is 5.83. The van der Waals surface area contributed by atoms with E-state index in [9.17, 15) is 0 Å². The van der Waals surface area contributed by atoms with Crippen molar-refractivity contribution in [2.45, 2.75) is 26.7 Å². The fraction of sp³-hybridized carbons (Fsp3) is 0.125. The van der Waals surface area contributed by atoms with Gasteiger partial charge in [-0.1, -0.05) is 78.4 Å². The van der Waals surface area contributed by atoms with Crippen molar-refractivity contribution in [3.05, 3.63) is 108 Å². The summed E-state index contributed by atoms with van der Waals surface area (Å²) in [5.74, 6) is 3.66. The van der Waals surface area contributed by atoms with E-state index in [0.717, 1.165) is 41.3 Å². The number of allylic oxidation sites excluding steroid dienone is 4. The van der Waals surface area contributed by atoms with Gasteiger partial charge in [0.2, 0.25) is 0 Å². The zero-order valence-corrected chi connectivity index (χ0v) is 20.0. The minimum atomic E-state index is 0.0612. The molecule has 0 spiro atoms. The molecule has 2 aliphatic heterocycles. The number of rotatable bonds is 2. The molecule has 4 aromatic rings. The van der Waals surface area contributed by atoms with E-state index in [1.165, 1.54) is 44.3 Å². The second-order valence-corrected chi connectivity index (χ2v) is 9.73. The van der Waals surface area contributed by atoms with Gasteiger partial charge in [-0.15, -0.1) is 0 Å². The highest BCUT2D eigenvalue weighted by molar-refractivity contribution is 6.98. The van der Waals surface area contributed by atoms with Gasteiger partial charge in [0.25, 0.3) is 6.71 Å². The Bertz CT molecular complexity index is 1580. The molecule has 2 heterocycles. The van der Waals surface area contributed by atoms with Crippen LogP contribution in [0.2, 0.25) is 0 Å². The van der Waals surface area contributed by atoms with E-state index in [2.05, 4.69) is 98.8 Å².